The van der Waals surface area contributed by atoms with Crippen LogP contribution >= 0.6 is 0 Å². The summed E-state index contributed by atoms with van der Waals surface area (Å²) in [4.78, 5) is 26.4. The number of rotatable bonds is 1. The predicted molar refractivity (Wildman–Crippen MR) is 135 cm³/mol. The van der Waals surface area contributed by atoms with E-state index in [1.807, 2.05) is 0 Å². The topological polar surface area (TPSA) is 149 Å². The van der Waals surface area contributed by atoms with Gasteiger partial charge in [-0.2, -0.15) is 0 Å². The minimum atomic E-state index is -1.18. The van der Waals surface area contributed by atoms with E-state index in [9.17, 15) is 19.8 Å². The molecule has 0 aromatic rings. The lowest BCUT2D eigenvalue weighted by Gasteiger charge is -2.58. The largest absolute Gasteiger partial charge is 0.463 e. The minimum Gasteiger partial charge on any atom is -0.463 e. The van der Waals surface area contributed by atoms with Gasteiger partial charge in [-0.25, -0.2) is 9.59 Å². The number of hydrogen-bond donors (Lipinski definition) is 2. The first-order chi connectivity index (χ1) is 18.9. The number of hydrogen-bond acceptors (Lipinski definition) is 11. The summed E-state index contributed by atoms with van der Waals surface area (Å²) in [6, 6.07) is 0. The minimum absolute atomic E-state index is 0.0139. The molecule has 13 atom stereocenters. The van der Waals surface area contributed by atoms with Gasteiger partial charge in [0.25, 0.3) is 0 Å². The van der Waals surface area contributed by atoms with Crippen molar-refractivity contribution < 1.29 is 53.0 Å². The van der Waals surface area contributed by atoms with E-state index in [1.165, 1.54) is 12.2 Å². The number of allylic oxidation sites excluding steroid dienone is 2. The summed E-state index contributed by atoms with van der Waals surface area (Å²) in [5.41, 5.74) is -3.54. The van der Waals surface area contributed by atoms with Crippen LogP contribution in [0.5, 0.6) is 0 Å². The summed E-state index contributed by atoms with van der Waals surface area (Å²) in [6.45, 7) is 7.67. The van der Waals surface area contributed by atoms with Crippen molar-refractivity contribution in [2.45, 2.75) is 113 Å². The molecule has 2 saturated carbocycles. The Morgan fingerprint density at radius 1 is 1.02 bits per heavy atom. The third kappa shape index (κ3) is 3.55. The van der Waals surface area contributed by atoms with Gasteiger partial charge >= 0.3 is 11.9 Å². The molecule has 11 heteroatoms. The first-order valence-corrected chi connectivity index (χ1v) is 14.3. The van der Waals surface area contributed by atoms with Crippen molar-refractivity contribution in [1.29, 1.82) is 0 Å². The maximum absolute atomic E-state index is 13.4. The molecule has 0 aromatic heterocycles. The number of ether oxygens (including phenoxy) is 7. The Balaban J connectivity index is 1.25. The Hall–Kier alpha value is -1.86. The van der Waals surface area contributed by atoms with Gasteiger partial charge in [0.1, 0.15) is 42.2 Å². The second-order valence-electron chi connectivity index (χ2n) is 13.2. The maximum Gasteiger partial charge on any atom is 0.338 e. The van der Waals surface area contributed by atoms with Crippen LogP contribution in [0.1, 0.15) is 47.0 Å². The van der Waals surface area contributed by atoms with Crippen molar-refractivity contribution in [3.05, 3.63) is 24.3 Å². The summed E-state index contributed by atoms with van der Waals surface area (Å²) >= 11 is 0. The van der Waals surface area contributed by atoms with E-state index in [1.54, 1.807) is 26.0 Å². The Labute approximate surface area is 232 Å². The molecular weight excluding hydrogens is 524 g/mol. The lowest BCUT2D eigenvalue weighted by molar-refractivity contribution is -0.251. The molecule has 2 spiro atoms. The number of aliphatic hydroxyl groups is 2. The lowest BCUT2D eigenvalue weighted by Crippen LogP contribution is -2.69. The second kappa shape index (κ2) is 8.59. The van der Waals surface area contributed by atoms with Gasteiger partial charge in [0.05, 0.1) is 42.5 Å². The van der Waals surface area contributed by atoms with Gasteiger partial charge in [-0.15, -0.1) is 0 Å². The van der Waals surface area contributed by atoms with Crippen LogP contribution in [-0.2, 0) is 42.7 Å². The molecule has 2 unspecified atom stereocenters. The summed E-state index contributed by atoms with van der Waals surface area (Å²) in [7, 11) is 0. The van der Waals surface area contributed by atoms with E-state index in [2.05, 4.69) is 13.8 Å². The SMILES string of the molecule is C[C@@H](O)[C@@H]1C=C/C=C/C(=O)O[C@@H]2C[C@@H]3O[C@@H]4[C@@H]5O[C@]5(C)CCC4(COC(=O)[C@@H]4O[C@@]4(C)[C@H](O)CO1)[C@@]2(C)C31CO1. The molecule has 40 heavy (non-hydrogen) atoms. The predicted octanol–water partition coefficient (Wildman–Crippen LogP) is 0.736. The molecule has 2 bridgehead atoms. The van der Waals surface area contributed by atoms with E-state index in [0.717, 1.165) is 6.42 Å². The van der Waals surface area contributed by atoms with Crippen LogP contribution in [0.3, 0.4) is 0 Å². The van der Waals surface area contributed by atoms with Crippen LogP contribution < -0.4 is 0 Å². The molecule has 2 aliphatic carbocycles. The fraction of sp³-hybridized carbons (Fsp3) is 0.793. The summed E-state index contributed by atoms with van der Waals surface area (Å²) < 4.78 is 42.6. The number of fused-ring (bicyclic) bond motifs is 3. The van der Waals surface area contributed by atoms with Crippen LogP contribution in [0.2, 0.25) is 0 Å². The van der Waals surface area contributed by atoms with Crippen LogP contribution in [0.4, 0.5) is 0 Å². The first kappa shape index (κ1) is 27.0. The third-order valence-electron chi connectivity index (χ3n) is 11.1. The van der Waals surface area contributed by atoms with E-state index >= 15 is 0 Å². The second-order valence-corrected chi connectivity index (χ2v) is 13.2. The fourth-order valence-corrected chi connectivity index (χ4v) is 8.09. The average Bonchev–Trinajstić information content (AvgIpc) is 3.81. The standard InChI is InChI=1S/C29H38O11/c1-15(30)16-7-5-6-8-20(32)37-18-11-19-29(14-36-29)27(18,4)28(10-9-25(2)21(39-25)22(28)38-19)13-35-24(33)23-26(3,40-23)17(31)12-34-16/h5-8,15-19,21-23,30-31H,9-14H2,1-4H3/b7-5?,8-6+/t15-,16+,17-,18-,19+,21+,22-,23+,25-,26+,27+,28?,29?/m1/s1. The van der Waals surface area contributed by atoms with Crippen molar-refractivity contribution in [2.24, 2.45) is 10.8 Å². The molecule has 220 valence electrons. The van der Waals surface area contributed by atoms with Crippen molar-refractivity contribution in [3.63, 3.8) is 0 Å². The van der Waals surface area contributed by atoms with Gasteiger partial charge in [0, 0.05) is 17.9 Å². The number of epoxide rings is 3. The molecule has 5 aliphatic heterocycles. The van der Waals surface area contributed by atoms with E-state index in [4.69, 9.17) is 33.2 Å². The van der Waals surface area contributed by atoms with E-state index in [-0.39, 0.29) is 37.1 Å². The van der Waals surface area contributed by atoms with Crippen LogP contribution in [0.25, 0.3) is 0 Å². The molecule has 0 amide bonds. The molecule has 4 saturated heterocycles. The smallest absolute Gasteiger partial charge is 0.338 e. The average molecular weight is 563 g/mol. The molecule has 0 aromatic carbocycles. The molecule has 6 fully saturated rings. The van der Waals surface area contributed by atoms with E-state index in [0.29, 0.717) is 19.4 Å². The normalized spacial score (nSPS) is 56.4. The Morgan fingerprint density at radius 2 is 1.80 bits per heavy atom. The zero-order valence-corrected chi connectivity index (χ0v) is 23.2. The third-order valence-corrected chi connectivity index (χ3v) is 11.1. The summed E-state index contributed by atoms with van der Waals surface area (Å²) in [5, 5.41) is 20.9. The van der Waals surface area contributed by atoms with Crippen LogP contribution in [-0.4, -0.2) is 108 Å². The zero-order valence-electron chi connectivity index (χ0n) is 23.2. The molecule has 5 heterocycles. The Kier molecular flexibility index (Phi) is 5.80. The van der Waals surface area contributed by atoms with Crippen molar-refractivity contribution in [2.75, 3.05) is 19.8 Å². The number of esters is 2. The molecule has 7 rings (SSSR count). The fourth-order valence-electron chi connectivity index (χ4n) is 8.09. The van der Waals surface area contributed by atoms with Crippen LogP contribution in [0.15, 0.2) is 24.3 Å². The highest BCUT2D eigenvalue weighted by molar-refractivity contribution is 5.82. The number of aliphatic hydroxyl groups excluding tert-OH is 2. The number of carbonyl (C=O) groups excluding carboxylic acids is 2. The maximum atomic E-state index is 13.4. The molecular formula is C29H38O11. The summed E-state index contributed by atoms with van der Waals surface area (Å²) in [5.74, 6) is -1.10. The van der Waals surface area contributed by atoms with Gasteiger partial charge in [0.15, 0.2) is 6.10 Å². The Bertz CT molecular complexity index is 1160. The highest BCUT2D eigenvalue weighted by Crippen LogP contribution is 2.75. The van der Waals surface area contributed by atoms with Crippen molar-refractivity contribution in [3.8, 4) is 0 Å². The van der Waals surface area contributed by atoms with Crippen molar-refractivity contribution >= 4 is 11.9 Å². The monoisotopic (exact) mass is 562 g/mol. The van der Waals surface area contributed by atoms with Gasteiger partial charge in [-0.05, 0) is 33.6 Å². The van der Waals surface area contributed by atoms with Gasteiger partial charge in [0.2, 0.25) is 0 Å². The quantitative estimate of drug-likeness (QED) is 0.344. The molecule has 11 nitrogen and oxygen atoms in total. The Morgan fingerprint density at radius 3 is 2.52 bits per heavy atom. The van der Waals surface area contributed by atoms with E-state index < -0.39 is 64.5 Å². The number of cyclic esters (lactones) is 1. The van der Waals surface area contributed by atoms with Crippen molar-refractivity contribution in [1.82, 2.24) is 0 Å². The van der Waals surface area contributed by atoms with Crippen LogP contribution in [0, 0.1) is 10.8 Å². The first-order valence-electron chi connectivity index (χ1n) is 14.3. The van der Waals surface area contributed by atoms with Gasteiger partial charge in [-0.1, -0.05) is 25.2 Å². The molecule has 2 N–H and O–H groups in total. The number of carbonyl (C=O) groups is 2. The lowest BCUT2D eigenvalue weighted by atomic mass is 9.50. The molecule has 0 radical (unpaired) electrons. The highest BCUT2D eigenvalue weighted by Gasteiger charge is 2.86. The molecule has 7 aliphatic rings. The highest BCUT2D eigenvalue weighted by atomic mass is 16.7. The summed E-state index contributed by atoms with van der Waals surface area (Å²) in [6.07, 6.45) is 2.83. The van der Waals surface area contributed by atoms with Gasteiger partial charge in [-0.3, -0.25) is 0 Å². The van der Waals surface area contributed by atoms with Gasteiger partial charge < -0.3 is 43.4 Å². The zero-order chi connectivity index (χ0) is 28.3.